The summed E-state index contributed by atoms with van der Waals surface area (Å²) in [6.45, 7) is 4.21. The molecule has 1 unspecified atom stereocenters. The van der Waals surface area contributed by atoms with E-state index < -0.39 is 6.10 Å². The molecule has 0 aromatic heterocycles. The Kier molecular flexibility index (Phi) is 6.61. The molecule has 4 nitrogen and oxygen atoms in total. The maximum atomic E-state index is 13.4. The lowest BCUT2D eigenvalue weighted by molar-refractivity contribution is -0.123. The monoisotopic (exact) mass is 283 g/mol. The van der Waals surface area contributed by atoms with Gasteiger partial charge < -0.3 is 15.2 Å². The molecule has 1 aromatic rings. The van der Waals surface area contributed by atoms with Gasteiger partial charge in [-0.25, -0.2) is 4.39 Å². The van der Waals surface area contributed by atoms with Gasteiger partial charge in [-0.1, -0.05) is 19.9 Å². The average molecular weight is 283 g/mol. The van der Waals surface area contributed by atoms with Crippen LogP contribution in [0.4, 0.5) is 4.39 Å². The van der Waals surface area contributed by atoms with Gasteiger partial charge in [0.25, 0.3) is 0 Å². The number of carbonyl (C=O) groups excluding carboxylic acids is 1. The Morgan fingerprint density at radius 1 is 1.45 bits per heavy atom. The van der Waals surface area contributed by atoms with Crippen molar-refractivity contribution in [3.05, 3.63) is 35.1 Å². The van der Waals surface area contributed by atoms with Crippen LogP contribution >= 0.6 is 0 Å². The Hall–Kier alpha value is -1.46. The fourth-order valence-electron chi connectivity index (χ4n) is 1.70. The minimum Gasteiger partial charge on any atom is -0.392 e. The molecule has 0 aliphatic rings. The van der Waals surface area contributed by atoms with Gasteiger partial charge in [-0.3, -0.25) is 4.79 Å². The first-order chi connectivity index (χ1) is 9.43. The highest BCUT2D eigenvalue weighted by atomic mass is 19.1. The Morgan fingerprint density at radius 3 is 2.75 bits per heavy atom. The normalized spacial score (nSPS) is 12.5. The second kappa shape index (κ2) is 7.97. The van der Waals surface area contributed by atoms with Gasteiger partial charge in [0.05, 0.1) is 19.1 Å². The number of aliphatic hydroxyl groups excluding tert-OH is 1. The van der Waals surface area contributed by atoms with Crippen LogP contribution in [0, 0.1) is 11.7 Å². The summed E-state index contributed by atoms with van der Waals surface area (Å²) in [6.07, 6.45) is -0.573. The highest BCUT2D eigenvalue weighted by molar-refractivity contribution is 5.76. The quantitative estimate of drug-likeness (QED) is 0.804. The van der Waals surface area contributed by atoms with Gasteiger partial charge in [0.15, 0.2) is 0 Å². The van der Waals surface area contributed by atoms with Crippen molar-refractivity contribution in [1.82, 2.24) is 5.32 Å². The highest BCUT2D eigenvalue weighted by Crippen LogP contribution is 2.12. The van der Waals surface area contributed by atoms with Crippen molar-refractivity contribution < 1.29 is 19.0 Å². The van der Waals surface area contributed by atoms with Crippen LogP contribution in [0.5, 0.6) is 0 Å². The summed E-state index contributed by atoms with van der Waals surface area (Å²) in [5.74, 6) is -0.499. The zero-order chi connectivity index (χ0) is 15.1. The molecule has 2 N–H and O–H groups in total. The van der Waals surface area contributed by atoms with E-state index in [9.17, 15) is 14.3 Å². The van der Waals surface area contributed by atoms with E-state index in [0.717, 1.165) is 5.56 Å². The molecular formula is C15H22FNO3. The van der Waals surface area contributed by atoms with E-state index in [-0.39, 0.29) is 30.7 Å². The minimum atomic E-state index is -0.646. The summed E-state index contributed by atoms with van der Waals surface area (Å²) in [5, 5.41) is 12.3. The first-order valence-corrected chi connectivity index (χ1v) is 6.65. The van der Waals surface area contributed by atoms with Crippen molar-refractivity contribution in [2.24, 2.45) is 5.92 Å². The van der Waals surface area contributed by atoms with Crippen molar-refractivity contribution in [2.45, 2.75) is 39.5 Å². The summed E-state index contributed by atoms with van der Waals surface area (Å²) >= 11 is 0. The predicted octanol–water partition coefficient (Wildman–Crippen LogP) is 2.00. The molecule has 0 spiro atoms. The summed E-state index contributed by atoms with van der Waals surface area (Å²) in [4.78, 5) is 11.6. The lowest BCUT2D eigenvalue weighted by atomic mass is 10.0. The molecule has 112 valence electrons. The van der Waals surface area contributed by atoms with Crippen LogP contribution in [0.25, 0.3) is 0 Å². The van der Waals surface area contributed by atoms with Gasteiger partial charge in [-0.05, 0) is 23.6 Å². The molecule has 0 saturated carbocycles. The number of rotatable bonds is 7. The number of amides is 1. The maximum Gasteiger partial charge on any atom is 0.222 e. The number of hydrogen-bond acceptors (Lipinski definition) is 3. The SMILES string of the molecule is COCc1cc(CNC(=O)CC(O)C(C)C)ccc1F. The Labute approximate surface area is 119 Å². The molecule has 0 aliphatic heterocycles. The Morgan fingerprint density at radius 2 is 2.15 bits per heavy atom. The predicted molar refractivity (Wildman–Crippen MR) is 74.4 cm³/mol. The largest absolute Gasteiger partial charge is 0.392 e. The molecule has 1 aromatic carbocycles. The molecule has 0 heterocycles. The fourth-order valence-corrected chi connectivity index (χ4v) is 1.70. The zero-order valence-corrected chi connectivity index (χ0v) is 12.1. The second-order valence-corrected chi connectivity index (χ2v) is 5.15. The first-order valence-electron chi connectivity index (χ1n) is 6.65. The Balaban J connectivity index is 2.53. The van der Waals surface area contributed by atoms with E-state index >= 15 is 0 Å². The molecule has 1 atom stereocenters. The maximum absolute atomic E-state index is 13.4. The number of nitrogens with one attached hydrogen (secondary N) is 1. The molecule has 5 heteroatoms. The number of aliphatic hydroxyl groups is 1. The molecule has 0 saturated heterocycles. The molecule has 0 radical (unpaired) electrons. The van der Waals surface area contributed by atoms with Crippen LogP contribution in [-0.2, 0) is 22.7 Å². The molecule has 20 heavy (non-hydrogen) atoms. The van der Waals surface area contributed by atoms with Gasteiger partial charge in [0, 0.05) is 19.2 Å². The lowest BCUT2D eigenvalue weighted by Crippen LogP contribution is -2.29. The first kappa shape index (κ1) is 16.6. The third-order valence-corrected chi connectivity index (χ3v) is 3.06. The fraction of sp³-hybridized carbons (Fsp3) is 0.533. The summed E-state index contributed by atoms with van der Waals surface area (Å²) in [6, 6.07) is 4.64. The van der Waals surface area contributed by atoms with E-state index in [4.69, 9.17) is 4.74 Å². The van der Waals surface area contributed by atoms with E-state index in [1.807, 2.05) is 13.8 Å². The van der Waals surface area contributed by atoms with E-state index in [1.54, 1.807) is 12.1 Å². The van der Waals surface area contributed by atoms with Crippen molar-refractivity contribution >= 4 is 5.91 Å². The summed E-state index contributed by atoms with van der Waals surface area (Å²) < 4.78 is 18.3. The number of methoxy groups -OCH3 is 1. The standard InChI is InChI=1S/C15H22FNO3/c1-10(2)14(18)7-15(19)17-8-11-4-5-13(16)12(6-11)9-20-3/h4-6,10,14,18H,7-9H2,1-3H3,(H,17,19). The van der Waals surface area contributed by atoms with Crippen LogP contribution in [0.15, 0.2) is 18.2 Å². The molecule has 1 amide bonds. The van der Waals surface area contributed by atoms with Gasteiger partial charge in [0.2, 0.25) is 5.91 Å². The molecular weight excluding hydrogens is 261 g/mol. The average Bonchev–Trinajstić information content (AvgIpc) is 2.39. The lowest BCUT2D eigenvalue weighted by Gasteiger charge is -2.14. The Bertz CT molecular complexity index is 449. The van der Waals surface area contributed by atoms with Gasteiger partial charge >= 0.3 is 0 Å². The van der Waals surface area contributed by atoms with Crippen molar-refractivity contribution in [1.29, 1.82) is 0 Å². The smallest absolute Gasteiger partial charge is 0.222 e. The van der Waals surface area contributed by atoms with Crippen LogP contribution in [0.3, 0.4) is 0 Å². The second-order valence-electron chi connectivity index (χ2n) is 5.15. The summed E-state index contributed by atoms with van der Waals surface area (Å²) in [7, 11) is 1.50. The third-order valence-electron chi connectivity index (χ3n) is 3.06. The van der Waals surface area contributed by atoms with Crippen LogP contribution in [-0.4, -0.2) is 24.2 Å². The molecule has 1 rings (SSSR count). The molecule has 0 bridgehead atoms. The zero-order valence-electron chi connectivity index (χ0n) is 12.1. The van der Waals surface area contributed by atoms with Crippen LogP contribution in [0.2, 0.25) is 0 Å². The van der Waals surface area contributed by atoms with Crippen molar-refractivity contribution in [3.8, 4) is 0 Å². The van der Waals surface area contributed by atoms with Gasteiger partial charge in [-0.2, -0.15) is 0 Å². The number of ether oxygens (including phenoxy) is 1. The van der Waals surface area contributed by atoms with Crippen LogP contribution in [0.1, 0.15) is 31.4 Å². The number of benzene rings is 1. The van der Waals surface area contributed by atoms with Gasteiger partial charge in [0.1, 0.15) is 5.82 Å². The highest BCUT2D eigenvalue weighted by Gasteiger charge is 2.14. The van der Waals surface area contributed by atoms with E-state index in [2.05, 4.69) is 5.32 Å². The number of halogens is 1. The van der Waals surface area contributed by atoms with Crippen molar-refractivity contribution in [2.75, 3.05) is 7.11 Å². The topological polar surface area (TPSA) is 58.6 Å². The summed E-state index contributed by atoms with van der Waals surface area (Å²) in [5.41, 5.74) is 1.26. The van der Waals surface area contributed by atoms with Crippen LogP contribution < -0.4 is 5.32 Å². The third kappa shape index (κ3) is 5.27. The van der Waals surface area contributed by atoms with Crippen molar-refractivity contribution in [3.63, 3.8) is 0 Å². The number of carbonyl (C=O) groups is 1. The molecule has 0 fully saturated rings. The molecule has 0 aliphatic carbocycles. The van der Waals surface area contributed by atoms with E-state index in [0.29, 0.717) is 12.1 Å². The number of hydrogen-bond donors (Lipinski definition) is 2. The minimum absolute atomic E-state index is 0.0416. The van der Waals surface area contributed by atoms with Gasteiger partial charge in [-0.15, -0.1) is 0 Å². The van der Waals surface area contributed by atoms with E-state index in [1.165, 1.54) is 13.2 Å².